The first-order valence-electron chi connectivity index (χ1n) is 7.76. The summed E-state index contributed by atoms with van der Waals surface area (Å²) in [6.07, 6.45) is 3.09. The van der Waals surface area contributed by atoms with Gasteiger partial charge in [0.05, 0.1) is 5.69 Å². The second-order valence-corrected chi connectivity index (χ2v) is 5.60. The average molecular weight is 336 g/mol. The quantitative estimate of drug-likeness (QED) is 0.738. The fraction of sp³-hybridized carbons (Fsp3) is 0.105. The standard InChI is InChI=1S/C19H17FN4O/c1-13(15-6-5-7-16(20)12-15)10-19(25)22-18-11-14(2)23-24(18)17-8-3-4-9-21-17/h3-12H,1-2H3,(H,22,25)/b13-10+. The van der Waals surface area contributed by atoms with Gasteiger partial charge in [-0.05, 0) is 49.2 Å². The summed E-state index contributed by atoms with van der Waals surface area (Å²) < 4.78 is 14.9. The third-order valence-corrected chi connectivity index (χ3v) is 3.58. The number of anilines is 1. The Morgan fingerprint density at radius 3 is 2.76 bits per heavy atom. The molecule has 6 heteroatoms. The number of benzene rings is 1. The Labute approximate surface area is 144 Å². The summed E-state index contributed by atoms with van der Waals surface area (Å²) in [4.78, 5) is 16.6. The second-order valence-electron chi connectivity index (χ2n) is 5.60. The Hall–Kier alpha value is -3.28. The van der Waals surface area contributed by atoms with E-state index in [4.69, 9.17) is 0 Å². The molecule has 0 aliphatic heterocycles. The summed E-state index contributed by atoms with van der Waals surface area (Å²) >= 11 is 0. The van der Waals surface area contributed by atoms with Gasteiger partial charge in [0.15, 0.2) is 5.82 Å². The van der Waals surface area contributed by atoms with Gasteiger partial charge in [-0.2, -0.15) is 9.78 Å². The molecular weight excluding hydrogens is 319 g/mol. The van der Waals surface area contributed by atoms with Crippen LogP contribution in [-0.4, -0.2) is 20.7 Å². The molecule has 0 aliphatic carbocycles. The van der Waals surface area contributed by atoms with Crippen molar-refractivity contribution in [3.05, 3.63) is 77.9 Å². The highest BCUT2D eigenvalue weighted by Gasteiger charge is 2.11. The zero-order chi connectivity index (χ0) is 17.8. The van der Waals surface area contributed by atoms with Crippen LogP contribution in [0.25, 0.3) is 11.4 Å². The lowest BCUT2D eigenvalue weighted by Crippen LogP contribution is -2.13. The van der Waals surface area contributed by atoms with Crippen molar-refractivity contribution in [3.8, 4) is 5.82 Å². The first-order valence-corrected chi connectivity index (χ1v) is 7.76. The van der Waals surface area contributed by atoms with E-state index in [-0.39, 0.29) is 11.7 Å². The Bertz CT molecular complexity index is 932. The molecule has 0 atom stereocenters. The predicted octanol–water partition coefficient (Wildman–Crippen LogP) is 3.76. The summed E-state index contributed by atoms with van der Waals surface area (Å²) in [5, 5.41) is 7.15. The molecule has 2 aromatic heterocycles. The highest BCUT2D eigenvalue weighted by Crippen LogP contribution is 2.17. The average Bonchev–Trinajstić information content (AvgIpc) is 2.95. The zero-order valence-corrected chi connectivity index (χ0v) is 13.9. The molecule has 0 saturated carbocycles. The van der Waals surface area contributed by atoms with Gasteiger partial charge in [-0.1, -0.05) is 18.2 Å². The number of carbonyl (C=O) groups is 1. The van der Waals surface area contributed by atoms with E-state index in [1.54, 1.807) is 42.1 Å². The number of allylic oxidation sites excluding steroid dienone is 1. The van der Waals surface area contributed by atoms with Crippen LogP contribution in [-0.2, 0) is 4.79 Å². The van der Waals surface area contributed by atoms with E-state index in [1.165, 1.54) is 18.2 Å². The molecule has 0 fully saturated rings. The minimum absolute atomic E-state index is 0.321. The van der Waals surface area contributed by atoms with Gasteiger partial charge in [-0.15, -0.1) is 0 Å². The summed E-state index contributed by atoms with van der Waals surface area (Å²) in [5.74, 6) is 0.467. The Morgan fingerprint density at radius 1 is 1.20 bits per heavy atom. The molecule has 0 saturated heterocycles. The lowest BCUT2D eigenvalue weighted by molar-refractivity contribution is -0.111. The van der Waals surface area contributed by atoms with Crippen molar-refractivity contribution in [1.29, 1.82) is 0 Å². The molecule has 0 aliphatic rings. The van der Waals surface area contributed by atoms with Crippen molar-refractivity contribution in [2.45, 2.75) is 13.8 Å². The van der Waals surface area contributed by atoms with Gasteiger partial charge in [0.1, 0.15) is 11.6 Å². The highest BCUT2D eigenvalue weighted by molar-refractivity contribution is 6.03. The minimum atomic E-state index is -0.338. The highest BCUT2D eigenvalue weighted by atomic mass is 19.1. The number of nitrogens with one attached hydrogen (secondary N) is 1. The monoisotopic (exact) mass is 336 g/mol. The predicted molar refractivity (Wildman–Crippen MR) is 94.8 cm³/mol. The molecule has 1 amide bonds. The molecule has 0 unspecified atom stereocenters. The number of aromatic nitrogens is 3. The Balaban J connectivity index is 1.83. The van der Waals surface area contributed by atoms with Gasteiger partial charge in [-0.25, -0.2) is 9.37 Å². The maximum Gasteiger partial charge on any atom is 0.249 e. The van der Waals surface area contributed by atoms with Crippen molar-refractivity contribution < 1.29 is 9.18 Å². The number of nitrogens with zero attached hydrogens (tertiary/aromatic N) is 3. The van der Waals surface area contributed by atoms with Crippen molar-refractivity contribution in [1.82, 2.24) is 14.8 Å². The van der Waals surface area contributed by atoms with Gasteiger partial charge in [0.25, 0.3) is 0 Å². The van der Waals surface area contributed by atoms with E-state index >= 15 is 0 Å². The molecule has 0 spiro atoms. The Morgan fingerprint density at radius 2 is 2.04 bits per heavy atom. The minimum Gasteiger partial charge on any atom is -0.307 e. The van der Waals surface area contributed by atoms with Crippen LogP contribution >= 0.6 is 0 Å². The number of hydrogen-bond donors (Lipinski definition) is 1. The topological polar surface area (TPSA) is 59.8 Å². The summed E-state index contributed by atoms with van der Waals surface area (Å²) in [5.41, 5.74) is 2.08. The lowest BCUT2D eigenvalue weighted by Gasteiger charge is -2.07. The number of halogens is 1. The number of rotatable bonds is 4. The number of amides is 1. The van der Waals surface area contributed by atoms with Crippen molar-refractivity contribution in [2.24, 2.45) is 0 Å². The van der Waals surface area contributed by atoms with E-state index < -0.39 is 0 Å². The van der Waals surface area contributed by atoms with E-state index in [2.05, 4.69) is 15.4 Å². The van der Waals surface area contributed by atoms with Crippen LogP contribution in [0.15, 0.2) is 60.8 Å². The first-order chi connectivity index (χ1) is 12.0. The van der Waals surface area contributed by atoms with Crippen LogP contribution < -0.4 is 5.32 Å². The van der Waals surface area contributed by atoms with Crippen LogP contribution in [0.4, 0.5) is 10.2 Å². The molecule has 0 bridgehead atoms. The number of pyridine rings is 1. The van der Waals surface area contributed by atoms with Crippen LogP contribution in [0, 0.1) is 12.7 Å². The van der Waals surface area contributed by atoms with Crippen LogP contribution in [0.2, 0.25) is 0 Å². The largest absolute Gasteiger partial charge is 0.307 e. The summed E-state index contributed by atoms with van der Waals surface area (Å²) in [7, 11) is 0. The first kappa shape index (κ1) is 16.6. The van der Waals surface area contributed by atoms with Crippen molar-refractivity contribution in [2.75, 3.05) is 5.32 Å². The number of carbonyl (C=O) groups excluding carboxylic acids is 1. The molecule has 3 aromatic rings. The molecule has 3 rings (SSSR count). The molecule has 1 aromatic carbocycles. The smallest absolute Gasteiger partial charge is 0.249 e. The van der Waals surface area contributed by atoms with Crippen LogP contribution in [0.3, 0.4) is 0 Å². The van der Waals surface area contributed by atoms with Crippen LogP contribution in [0.1, 0.15) is 18.2 Å². The Kier molecular flexibility index (Phi) is 4.70. The molecule has 2 heterocycles. The van der Waals surface area contributed by atoms with Gasteiger partial charge in [0, 0.05) is 18.3 Å². The van der Waals surface area contributed by atoms with Gasteiger partial charge >= 0.3 is 0 Å². The fourth-order valence-electron chi connectivity index (χ4n) is 2.42. The van der Waals surface area contributed by atoms with E-state index in [9.17, 15) is 9.18 Å². The fourth-order valence-corrected chi connectivity index (χ4v) is 2.42. The van der Waals surface area contributed by atoms with Gasteiger partial charge < -0.3 is 5.32 Å². The third kappa shape index (κ3) is 3.98. The number of aryl methyl sites for hydroxylation is 1. The van der Waals surface area contributed by atoms with Crippen molar-refractivity contribution >= 4 is 17.3 Å². The van der Waals surface area contributed by atoms with E-state index in [1.807, 2.05) is 19.1 Å². The SMILES string of the molecule is C/C(=C\C(=O)Nc1cc(C)nn1-c1ccccn1)c1cccc(F)c1. The maximum atomic E-state index is 13.3. The molecule has 5 nitrogen and oxygen atoms in total. The molecular formula is C19H17FN4O. The molecule has 25 heavy (non-hydrogen) atoms. The summed E-state index contributed by atoms with van der Waals surface area (Å²) in [6, 6.07) is 13.3. The summed E-state index contributed by atoms with van der Waals surface area (Å²) in [6.45, 7) is 3.60. The normalized spacial score (nSPS) is 11.4. The van der Waals surface area contributed by atoms with Gasteiger partial charge in [0.2, 0.25) is 5.91 Å². The van der Waals surface area contributed by atoms with Crippen molar-refractivity contribution in [3.63, 3.8) is 0 Å². The maximum absolute atomic E-state index is 13.3. The second kappa shape index (κ2) is 7.09. The van der Waals surface area contributed by atoms with Gasteiger partial charge in [-0.3, -0.25) is 4.79 Å². The lowest BCUT2D eigenvalue weighted by atomic mass is 10.1. The molecule has 1 N–H and O–H groups in total. The molecule has 126 valence electrons. The van der Waals surface area contributed by atoms with E-state index in [0.29, 0.717) is 22.8 Å². The van der Waals surface area contributed by atoms with E-state index in [0.717, 1.165) is 5.69 Å². The third-order valence-electron chi connectivity index (χ3n) is 3.58. The zero-order valence-electron chi connectivity index (χ0n) is 13.9. The van der Waals surface area contributed by atoms with Crippen LogP contribution in [0.5, 0.6) is 0 Å². The molecule has 0 radical (unpaired) electrons. The number of hydrogen-bond acceptors (Lipinski definition) is 3.